The average molecular weight is 494 g/mol. The van der Waals surface area contributed by atoms with Gasteiger partial charge in [0.2, 0.25) is 5.95 Å². The highest BCUT2D eigenvalue weighted by Gasteiger charge is 2.20. The normalized spacial score (nSPS) is 11.3. The maximum absolute atomic E-state index is 13.8. The van der Waals surface area contributed by atoms with E-state index in [0.29, 0.717) is 28.6 Å². The Balaban J connectivity index is 1.78. The molecular formula is C22H19Cl2F2N5O2. The predicted molar refractivity (Wildman–Crippen MR) is 124 cm³/mol. The van der Waals surface area contributed by atoms with Gasteiger partial charge in [0.05, 0.1) is 6.54 Å². The van der Waals surface area contributed by atoms with E-state index >= 15 is 0 Å². The molecule has 0 saturated heterocycles. The van der Waals surface area contributed by atoms with Gasteiger partial charge >= 0.3 is 5.69 Å². The fraction of sp³-hybridized carbons (Fsp3) is 0.227. The summed E-state index contributed by atoms with van der Waals surface area (Å²) in [6.07, 6.45) is 0.452. The van der Waals surface area contributed by atoms with Crippen LogP contribution in [-0.2, 0) is 27.1 Å². The Labute approximate surface area is 196 Å². The van der Waals surface area contributed by atoms with Crippen LogP contribution in [0.3, 0.4) is 0 Å². The molecule has 0 aliphatic heterocycles. The number of halogens is 4. The molecule has 4 aromatic rings. The molecule has 0 bridgehead atoms. The molecule has 11 heteroatoms. The maximum Gasteiger partial charge on any atom is 0.332 e. The highest BCUT2D eigenvalue weighted by atomic mass is 35.5. The van der Waals surface area contributed by atoms with Crippen LogP contribution >= 0.6 is 23.2 Å². The predicted octanol–water partition coefficient (Wildman–Crippen LogP) is 3.72. The number of hydrogen-bond donors (Lipinski definition) is 1. The van der Waals surface area contributed by atoms with Crippen LogP contribution < -0.4 is 16.6 Å². The smallest absolute Gasteiger partial charge is 0.332 e. The van der Waals surface area contributed by atoms with Crippen molar-refractivity contribution in [1.29, 1.82) is 0 Å². The zero-order chi connectivity index (χ0) is 23.9. The molecule has 0 spiro atoms. The summed E-state index contributed by atoms with van der Waals surface area (Å²) in [7, 11) is 2.85. The molecule has 2 heterocycles. The van der Waals surface area contributed by atoms with Crippen molar-refractivity contribution in [3.63, 3.8) is 0 Å². The van der Waals surface area contributed by atoms with Crippen molar-refractivity contribution < 1.29 is 8.78 Å². The summed E-state index contributed by atoms with van der Waals surface area (Å²) < 4.78 is 31.3. The average Bonchev–Trinajstić information content (AvgIpc) is 3.10. The van der Waals surface area contributed by atoms with E-state index in [1.807, 2.05) is 0 Å². The van der Waals surface area contributed by atoms with Crippen molar-refractivity contribution >= 4 is 40.3 Å². The number of hydrogen-bond acceptors (Lipinski definition) is 4. The van der Waals surface area contributed by atoms with E-state index in [1.165, 1.54) is 35.4 Å². The molecule has 0 amide bonds. The highest BCUT2D eigenvalue weighted by molar-refractivity contribution is 6.36. The summed E-state index contributed by atoms with van der Waals surface area (Å²) in [5.41, 5.74) is 0.204. The fourth-order valence-electron chi connectivity index (χ4n) is 3.69. The number of fused-ring (bicyclic) bond motifs is 1. The van der Waals surface area contributed by atoms with Crippen LogP contribution in [0.25, 0.3) is 11.2 Å². The van der Waals surface area contributed by atoms with E-state index in [9.17, 15) is 18.4 Å². The Morgan fingerprint density at radius 2 is 1.64 bits per heavy atom. The SMILES string of the molecule is Cn1c(=O)c2c(nc(NCCc3c(Cl)cccc3Cl)n2Cc2cc(F)cc(F)c2)n(C)c1=O. The van der Waals surface area contributed by atoms with E-state index in [1.54, 1.807) is 18.2 Å². The van der Waals surface area contributed by atoms with E-state index in [2.05, 4.69) is 10.3 Å². The third kappa shape index (κ3) is 4.38. The van der Waals surface area contributed by atoms with Crippen LogP contribution in [0.4, 0.5) is 14.7 Å². The molecule has 0 saturated carbocycles. The number of benzene rings is 2. The molecule has 0 aliphatic rings. The van der Waals surface area contributed by atoms with E-state index in [-0.39, 0.29) is 23.7 Å². The largest absolute Gasteiger partial charge is 0.355 e. The van der Waals surface area contributed by atoms with E-state index < -0.39 is 22.9 Å². The lowest BCUT2D eigenvalue weighted by Gasteiger charge is -2.12. The number of aromatic nitrogens is 4. The summed E-state index contributed by atoms with van der Waals surface area (Å²) in [5.74, 6) is -1.22. The van der Waals surface area contributed by atoms with Crippen LogP contribution in [0, 0.1) is 11.6 Å². The fourth-order valence-corrected chi connectivity index (χ4v) is 4.28. The summed E-state index contributed by atoms with van der Waals surface area (Å²) in [4.78, 5) is 29.7. The Bertz CT molecular complexity index is 1450. The number of imidazole rings is 1. The van der Waals surface area contributed by atoms with Gasteiger partial charge in [0, 0.05) is 36.8 Å². The first-order chi connectivity index (χ1) is 15.7. The molecule has 0 fully saturated rings. The van der Waals surface area contributed by atoms with Gasteiger partial charge in [-0.15, -0.1) is 0 Å². The first kappa shape index (κ1) is 23.0. The Hall–Kier alpha value is -3.17. The summed E-state index contributed by atoms with van der Waals surface area (Å²) in [6.45, 7) is 0.298. The number of anilines is 1. The molecule has 1 N–H and O–H groups in total. The first-order valence-electron chi connectivity index (χ1n) is 9.95. The third-order valence-corrected chi connectivity index (χ3v) is 6.04. The van der Waals surface area contributed by atoms with Crippen LogP contribution in [0.1, 0.15) is 11.1 Å². The van der Waals surface area contributed by atoms with Crippen molar-refractivity contribution in [1.82, 2.24) is 18.7 Å². The minimum absolute atomic E-state index is 0.0478. The lowest BCUT2D eigenvalue weighted by Crippen LogP contribution is -2.37. The van der Waals surface area contributed by atoms with Gasteiger partial charge in [0.25, 0.3) is 5.56 Å². The molecule has 4 rings (SSSR count). The van der Waals surface area contributed by atoms with Crippen molar-refractivity contribution in [3.05, 3.63) is 90.0 Å². The van der Waals surface area contributed by atoms with Crippen LogP contribution in [0.15, 0.2) is 46.0 Å². The van der Waals surface area contributed by atoms with Crippen molar-refractivity contribution in [3.8, 4) is 0 Å². The summed E-state index contributed by atoms with van der Waals surface area (Å²) >= 11 is 12.5. The number of nitrogens with zero attached hydrogens (tertiary/aromatic N) is 4. The van der Waals surface area contributed by atoms with E-state index in [0.717, 1.165) is 16.2 Å². The van der Waals surface area contributed by atoms with Gasteiger partial charge < -0.3 is 5.32 Å². The van der Waals surface area contributed by atoms with Gasteiger partial charge in [-0.2, -0.15) is 4.98 Å². The maximum atomic E-state index is 13.8. The number of nitrogens with one attached hydrogen (secondary N) is 1. The molecule has 0 aliphatic carbocycles. The van der Waals surface area contributed by atoms with Gasteiger partial charge in [-0.05, 0) is 41.8 Å². The van der Waals surface area contributed by atoms with Gasteiger partial charge in [-0.25, -0.2) is 13.6 Å². The standard InChI is InChI=1S/C22H19Cl2F2N5O2/c1-29-19-18(20(32)30(2)22(29)33)31(11-12-8-13(25)10-14(26)9-12)21(28-19)27-7-6-15-16(23)4-3-5-17(15)24/h3-5,8-10H,6-7,11H2,1-2H3,(H,27,28). The number of rotatable bonds is 6. The topological polar surface area (TPSA) is 73.8 Å². The van der Waals surface area contributed by atoms with Crippen LogP contribution in [0.5, 0.6) is 0 Å². The molecule has 0 atom stereocenters. The molecule has 33 heavy (non-hydrogen) atoms. The Kier molecular flexibility index (Phi) is 6.27. The molecule has 0 radical (unpaired) electrons. The Morgan fingerprint density at radius 3 is 2.27 bits per heavy atom. The monoisotopic (exact) mass is 493 g/mol. The summed E-state index contributed by atoms with van der Waals surface area (Å²) in [6, 6.07) is 8.33. The highest BCUT2D eigenvalue weighted by Crippen LogP contribution is 2.25. The van der Waals surface area contributed by atoms with Crippen molar-refractivity contribution in [2.24, 2.45) is 14.1 Å². The van der Waals surface area contributed by atoms with Gasteiger partial charge in [-0.1, -0.05) is 29.3 Å². The van der Waals surface area contributed by atoms with Crippen molar-refractivity contribution in [2.45, 2.75) is 13.0 Å². The first-order valence-corrected chi connectivity index (χ1v) is 10.7. The van der Waals surface area contributed by atoms with Crippen LogP contribution in [0.2, 0.25) is 10.0 Å². The third-order valence-electron chi connectivity index (χ3n) is 5.33. The molecule has 2 aromatic heterocycles. The molecule has 7 nitrogen and oxygen atoms in total. The second-order valence-corrected chi connectivity index (χ2v) is 8.37. The lowest BCUT2D eigenvalue weighted by molar-refractivity contribution is 0.578. The van der Waals surface area contributed by atoms with Crippen LogP contribution in [-0.4, -0.2) is 25.2 Å². The van der Waals surface area contributed by atoms with Gasteiger partial charge in [0.1, 0.15) is 11.6 Å². The minimum atomic E-state index is -0.738. The van der Waals surface area contributed by atoms with Crippen molar-refractivity contribution in [2.75, 3.05) is 11.9 Å². The Morgan fingerprint density at radius 1 is 1.00 bits per heavy atom. The quantitative estimate of drug-likeness (QED) is 0.444. The molecular weight excluding hydrogens is 475 g/mol. The molecule has 0 unspecified atom stereocenters. The second kappa shape index (κ2) is 8.99. The molecule has 172 valence electrons. The minimum Gasteiger partial charge on any atom is -0.355 e. The van der Waals surface area contributed by atoms with E-state index in [4.69, 9.17) is 23.2 Å². The zero-order valence-electron chi connectivity index (χ0n) is 17.7. The molecule has 2 aromatic carbocycles. The second-order valence-electron chi connectivity index (χ2n) is 7.55. The lowest BCUT2D eigenvalue weighted by atomic mass is 10.1. The zero-order valence-corrected chi connectivity index (χ0v) is 19.2. The summed E-state index contributed by atoms with van der Waals surface area (Å²) in [5, 5.41) is 4.17. The van der Waals surface area contributed by atoms with Gasteiger partial charge in [-0.3, -0.25) is 18.5 Å². The van der Waals surface area contributed by atoms with Gasteiger partial charge in [0.15, 0.2) is 11.2 Å². The number of aryl methyl sites for hydroxylation is 1.